The summed E-state index contributed by atoms with van der Waals surface area (Å²) in [6, 6.07) is 0. The molecule has 11 rings (SSSR count). The quantitative estimate of drug-likeness (QED) is 0.0540. The zero-order valence-electron chi connectivity index (χ0n) is 54.2. The lowest BCUT2D eigenvalue weighted by Gasteiger charge is -2.71. The van der Waals surface area contributed by atoms with Crippen molar-refractivity contribution in [2.45, 2.75) is 291 Å². The van der Waals surface area contributed by atoms with Gasteiger partial charge >= 0.3 is 5.97 Å². The molecule has 18 N–H and O–H groups in total. The van der Waals surface area contributed by atoms with Crippen LogP contribution in [0.5, 0.6) is 0 Å². The molecule has 0 spiro atoms. The molecule has 10 fully saturated rings. The van der Waals surface area contributed by atoms with E-state index in [1.165, 1.54) is 6.92 Å². The Morgan fingerprint density at radius 1 is 0.500 bits per heavy atom. The molecule has 540 valence electrons. The Bertz CT molecular complexity index is 2660. The molecule has 0 bridgehead atoms. The van der Waals surface area contributed by atoms with Gasteiger partial charge in [-0.05, 0) is 103 Å². The van der Waals surface area contributed by atoms with Crippen LogP contribution in [0.1, 0.15) is 107 Å². The number of allylic oxidation sites excluding steroid dienone is 2. The molecule has 37 atom stereocenters. The summed E-state index contributed by atoms with van der Waals surface area (Å²) >= 11 is 0. The first-order valence-electron chi connectivity index (χ1n) is 33.1. The van der Waals surface area contributed by atoms with Crippen LogP contribution in [-0.4, -0.2) is 315 Å². The lowest BCUT2D eigenvalue weighted by molar-refractivity contribution is -0.404. The minimum absolute atomic E-state index is 0.0236. The number of aliphatic carboxylic acids is 1. The number of carboxylic acid groups (broad SMARTS) is 1. The first-order chi connectivity index (χ1) is 44.0. The molecule has 31 heteroatoms. The van der Waals surface area contributed by atoms with Crippen molar-refractivity contribution in [2.75, 3.05) is 33.0 Å². The number of carbonyl (C=O) groups is 1. The molecule has 0 aromatic heterocycles. The topological polar surface area (TPSA) is 492 Å². The Kier molecular flexibility index (Phi) is 21.1. The highest BCUT2D eigenvalue weighted by molar-refractivity contribution is 5.77. The van der Waals surface area contributed by atoms with Gasteiger partial charge in [0, 0.05) is 0 Å². The van der Waals surface area contributed by atoms with Crippen molar-refractivity contribution in [1.82, 2.24) is 0 Å². The molecule has 6 aliphatic heterocycles. The zero-order valence-corrected chi connectivity index (χ0v) is 54.2. The second-order valence-corrected chi connectivity index (χ2v) is 30.7. The van der Waals surface area contributed by atoms with E-state index in [0.717, 1.165) is 12.0 Å². The van der Waals surface area contributed by atoms with E-state index in [-0.39, 0.29) is 36.0 Å². The smallest absolute Gasteiger partial charge is 0.310 e. The maximum atomic E-state index is 13.4. The SMILES string of the molecule is CC1OC(OC2C(CO)OC(OC3C(OC4OCC(O)C(O)C4O)COC(OC4C(OC5C(O)CC6(C)C(CCC7(C)C6CC=C6C8CC(C)(C)C(O)CC8(C(=O)O)CCC67C)C5(C)C)OC(CO)C(OC5OCC(O)C(O)C5O)C4O)C3O)C(O)C2O)C(O)C(O)C1O. The number of fused-ring (bicyclic) bond motifs is 7. The molecular weight excluding hydrogens is 1250 g/mol. The van der Waals surface area contributed by atoms with Crippen LogP contribution >= 0.6 is 0 Å². The highest BCUT2D eigenvalue weighted by atomic mass is 16.8. The molecule has 4 saturated carbocycles. The van der Waals surface area contributed by atoms with E-state index in [1.807, 2.05) is 27.7 Å². The van der Waals surface area contributed by atoms with Crippen LogP contribution in [0.2, 0.25) is 0 Å². The predicted octanol–water partition coefficient (Wildman–Crippen LogP) is -4.93. The molecule has 37 unspecified atom stereocenters. The van der Waals surface area contributed by atoms with Crippen molar-refractivity contribution in [3.8, 4) is 0 Å². The minimum Gasteiger partial charge on any atom is -0.481 e. The molecular formula is C63H102O31. The number of aliphatic hydroxyl groups is 17. The molecule has 5 aliphatic carbocycles. The van der Waals surface area contributed by atoms with Crippen molar-refractivity contribution >= 4 is 5.97 Å². The summed E-state index contributed by atoms with van der Waals surface area (Å²) in [4.78, 5) is 13.4. The zero-order chi connectivity index (χ0) is 68.6. The van der Waals surface area contributed by atoms with Gasteiger partial charge in [0.1, 0.15) is 122 Å². The highest BCUT2D eigenvalue weighted by Gasteiger charge is 2.72. The summed E-state index contributed by atoms with van der Waals surface area (Å²) in [5.74, 6) is -1.39. The Hall–Kier alpha value is -1.95. The van der Waals surface area contributed by atoms with Crippen LogP contribution < -0.4 is 0 Å². The molecule has 6 heterocycles. The van der Waals surface area contributed by atoms with Gasteiger partial charge in [0.15, 0.2) is 37.7 Å². The third-order valence-electron chi connectivity index (χ3n) is 24.6. The Morgan fingerprint density at radius 2 is 1.02 bits per heavy atom. The molecule has 6 saturated heterocycles. The lowest BCUT2D eigenvalue weighted by atomic mass is 9.33. The van der Waals surface area contributed by atoms with Gasteiger partial charge in [-0.15, -0.1) is 0 Å². The molecule has 11 aliphatic rings. The fourth-order valence-electron chi connectivity index (χ4n) is 18.8. The average Bonchev–Trinajstić information content (AvgIpc) is 0.674. The van der Waals surface area contributed by atoms with Crippen LogP contribution in [0, 0.1) is 50.2 Å². The second kappa shape index (κ2) is 27.1. The molecule has 0 radical (unpaired) electrons. The average molecular weight is 1360 g/mol. The number of carboxylic acids is 1. The Labute approximate surface area is 543 Å². The van der Waals surface area contributed by atoms with Crippen LogP contribution in [0.25, 0.3) is 0 Å². The van der Waals surface area contributed by atoms with E-state index in [4.69, 9.17) is 56.8 Å². The fraction of sp³-hybridized carbons (Fsp3) is 0.952. The van der Waals surface area contributed by atoms with Gasteiger partial charge in [-0.1, -0.05) is 60.1 Å². The first-order valence-corrected chi connectivity index (χ1v) is 33.1. The number of rotatable bonds is 15. The van der Waals surface area contributed by atoms with Crippen LogP contribution in [0.15, 0.2) is 11.6 Å². The third kappa shape index (κ3) is 12.3. The number of hydrogen-bond donors (Lipinski definition) is 18. The standard InChI is InChI=1S/C63H102O31/c1-23-35(70)38(73)42(77)54(86-23)91-46-29(18-64)87-55(43(78)39(46)74)92-48-31(89-51-40(75)36(71)27(67)20-83-51)22-85-53(45(48)80)93-49-44(79)47(90-52-41(76)37(72)28(68)21-84-52)30(19-65)88-56(49)94-50-26(66)16-60(6)32(59(50,4)5)11-12-62(8)33(60)10-9-24-25-15-58(2,3)34(69)17-63(25,57(81)82)14-13-61(24,62)7/h9,23,25-56,64-80H,10-22H2,1-8H3,(H,81,82). The summed E-state index contributed by atoms with van der Waals surface area (Å²) in [5, 5.41) is 201. The van der Waals surface area contributed by atoms with E-state index in [2.05, 4.69) is 26.8 Å². The molecule has 0 aromatic carbocycles. The Balaban J connectivity index is 0.884. The lowest BCUT2D eigenvalue weighted by Crippen LogP contribution is -2.69. The summed E-state index contributed by atoms with van der Waals surface area (Å²) < 4.78 is 72.7. The van der Waals surface area contributed by atoms with Crippen LogP contribution in [0.3, 0.4) is 0 Å². The van der Waals surface area contributed by atoms with Crippen molar-refractivity contribution in [1.29, 1.82) is 0 Å². The fourth-order valence-corrected chi connectivity index (χ4v) is 18.8. The van der Waals surface area contributed by atoms with Crippen molar-refractivity contribution in [2.24, 2.45) is 50.2 Å². The van der Waals surface area contributed by atoms with Crippen LogP contribution in [0.4, 0.5) is 0 Å². The predicted molar refractivity (Wildman–Crippen MR) is 312 cm³/mol. The van der Waals surface area contributed by atoms with Gasteiger partial charge in [0.2, 0.25) is 0 Å². The van der Waals surface area contributed by atoms with E-state index < -0.39 is 250 Å². The van der Waals surface area contributed by atoms with Crippen LogP contribution in [-0.2, 0) is 61.6 Å². The first kappa shape index (κ1) is 73.3. The second-order valence-electron chi connectivity index (χ2n) is 30.7. The summed E-state index contributed by atoms with van der Waals surface area (Å²) in [6.07, 6.45) is -45.6. The van der Waals surface area contributed by atoms with Gasteiger partial charge in [0.25, 0.3) is 0 Å². The Morgan fingerprint density at radius 3 is 1.64 bits per heavy atom. The maximum absolute atomic E-state index is 13.4. The van der Waals surface area contributed by atoms with Gasteiger partial charge in [0.05, 0.1) is 62.9 Å². The maximum Gasteiger partial charge on any atom is 0.310 e. The van der Waals surface area contributed by atoms with Gasteiger partial charge in [-0.2, -0.15) is 0 Å². The number of hydrogen-bond acceptors (Lipinski definition) is 30. The van der Waals surface area contributed by atoms with E-state index >= 15 is 0 Å². The minimum atomic E-state index is -2.19. The largest absolute Gasteiger partial charge is 0.481 e. The molecule has 31 nitrogen and oxygen atoms in total. The van der Waals surface area contributed by atoms with Crippen molar-refractivity contribution < 1.29 is 154 Å². The third-order valence-corrected chi connectivity index (χ3v) is 24.6. The summed E-state index contributed by atoms with van der Waals surface area (Å²) in [7, 11) is 0. The van der Waals surface area contributed by atoms with Crippen molar-refractivity contribution in [3.63, 3.8) is 0 Å². The van der Waals surface area contributed by atoms with Gasteiger partial charge in [-0.3, -0.25) is 4.79 Å². The molecule has 0 amide bonds. The molecule has 0 aromatic rings. The highest BCUT2D eigenvalue weighted by Crippen LogP contribution is 2.76. The monoisotopic (exact) mass is 1350 g/mol. The summed E-state index contributed by atoms with van der Waals surface area (Å²) in [5.41, 5.74) is -2.84. The summed E-state index contributed by atoms with van der Waals surface area (Å²) in [6.45, 7) is 12.4. The van der Waals surface area contributed by atoms with Crippen molar-refractivity contribution in [3.05, 3.63) is 11.6 Å². The van der Waals surface area contributed by atoms with Gasteiger partial charge in [-0.25, -0.2) is 0 Å². The van der Waals surface area contributed by atoms with E-state index in [1.54, 1.807) is 0 Å². The normalized spacial score (nSPS) is 55.1. The molecule has 94 heavy (non-hydrogen) atoms. The number of ether oxygens (including phenoxy) is 12. The van der Waals surface area contributed by atoms with E-state index in [0.29, 0.717) is 32.1 Å². The van der Waals surface area contributed by atoms with Gasteiger partial charge < -0.3 is 149 Å². The van der Waals surface area contributed by atoms with E-state index in [9.17, 15) is 96.7 Å². The number of aliphatic hydroxyl groups excluding tert-OH is 17.